The number of carbonyl (C=O) groups excluding carboxylic acids is 2. The standard InChI is InChI=1S/C17H21N5O2S/c1-3-18-16(24)19-15(23)11(2)25-17-21-20-14(12-9-10-12)22(17)13-7-5-4-6-8-13/h4-8,11-12H,3,9-10H2,1-2H3,(H2,18,19,23,24)/t11-/m1/s1. The number of benzene rings is 1. The summed E-state index contributed by atoms with van der Waals surface area (Å²) in [5, 5.41) is 13.7. The smallest absolute Gasteiger partial charge is 0.321 e. The molecule has 0 bridgehead atoms. The van der Waals surface area contributed by atoms with E-state index in [1.807, 2.05) is 34.9 Å². The molecular formula is C17H21N5O2S. The lowest BCUT2D eigenvalue weighted by Gasteiger charge is -2.13. The summed E-state index contributed by atoms with van der Waals surface area (Å²) in [6.45, 7) is 4.01. The topological polar surface area (TPSA) is 88.9 Å². The highest BCUT2D eigenvalue weighted by molar-refractivity contribution is 8.00. The van der Waals surface area contributed by atoms with Gasteiger partial charge in [-0.15, -0.1) is 10.2 Å². The van der Waals surface area contributed by atoms with Crippen LogP contribution in [0.2, 0.25) is 0 Å². The van der Waals surface area contributed by atoms with Gasteiger partial charge >= 0.3 is 6.03 Å². The number of urea groups is 1. The van der Waals surface area contributed by atoms with Gasteiger partial charge in [0.25, 0.3) is 0 Å². The highest BCUT2D eigenvalue weighted by atomic mass is 32.2. The predicted octanol–water partition coefficient (Wildman–Crippen LogP) is 2.47. The Kier molecular flexibility index (Phi) is 5.37. The maximum absolute atomic E-state index is 12.2. The van der Waals surface area contributed by atoms with Gasteiger partial charge in [-0.2, -0.15) is 0 Å². The van der Waals surface area contributed by atoms with Crippen LogP contribution in [0.1, 0.15) is 38.4 Å². The molecule has 1 aromatic carbocycles. The summed E-state index contributed by atoms with van der Waals surface area (Å²) in [6.07, 6.45) is 2.23. The molecule has 1 atom stereocenters. The van der Waals surface area contributed by atoms with Crippen LogP contribution in [0.15, 0.2) is 35.5 Å². The first-order valence-electron chi connectivity index (χ1n) is 8.36. The van der Waals surface area contributed by atoms with Crippen LogP contribution in [0.5, 0.6) is 0 Å². The van der Waals surface area contributed by atoms with Gasteiger partial charge < -0.3 is 5.32 Å². The summed E-state index contributed by atoms with van der Waals surface area (Å²) in [6, 6.07) is 9.40. The van der Waals surface area contributed by atoms with Gasteiger partial charge in [-0.3, -0.25) is 14.7 Å². The van der Waals surface area contributed by atoms with Gasteiger partial charge in [-0.05, 0) is 38.8 Å². The Morgan fingerprint density at radius 1 is 1.28 bits per heavy atom. The number of thioether (sulfide) groups is 1. The van der Waals surface area contributed by atoms with Crippen LogP contribution in [0.3, 0.4) is 0 Å². The average molecular weight is 359 g/mol. The number of carbonyl (C=O) groups is 2. The summed E-state index contributed by atoms with van der Waals surface area (Å²) >= 11 is 1.30. The molecule has 8 heteroatoms. The van der Waals surface area contributed by atoms with E-state index in [-0.39, 0.29) is 5.91 Å². The molecule has 1 saturated carbocycles. The molecule has 0 radical (unpaired) electrons. The van der Waals surface area contributed by atoms with Gasteiger partial charge in [0.1, 0.15) is 5.82 Å². The van der Waals surface area contributed by atoms with E-state index in [1.54, 1.807) is 13.8 Å². The van der Waals surface area contributed by atoms with Crippen LogP contribution in [-0.2, 0) is 4.79 Å². The SMILES string of the molecule is CCNC(=O)NC(=O)[C@@H](C)Sc1nnc(C2CC2)n1-c1ccccc1. The number of hydrogen-bond donors (Lipinski definition) is 2. The third-order valence-electron chi connectivity index (χ3n) is 3.84. The molecule has 7 nitrogen and oxygen atoms in total. The fraction of sp³-hybridized carbons (Fsp3) is 0.412. The van der Waals surface area contributed by atoms with Crippen molar-refractivity contribution in [3.63, 3.8) is 0 Å². The zero-order chi connectivity index (χ0) is 17.8. The van der Waals surface area contributed by atoms with Crippen molar-refractivity contribution in [3.05, 3.63) is 36.2 Å². The fourth-order valence-corrected chi connectivity index (χ4v) is 3.29. The Hall–Kier alpha value is -2.35. The first-order valence-corrected chi connectivity index (χ1v) is 9.24. The number of para-hydroxylation sites is 1. The lowest BCUT2D eigenvalue weighted by atomic mass is 10.3. The number of hydrogen-bond acceptors (Lipinski definition) is 5. The Morgan fingerprint density at radius 3 is 2.64 bits per heavy atom. The molecule has 2 N–H and O–H groups in total. The highest BCUT2D eigenvalue weighted by Crippen LogP contribution is 2.41. The molecular weight excluding hydrogens is 338 g/mol. The molecule has 132 valence electrons. The Labute approximate surface area is 150 Å². The summed E-state index contributed by atoms with van der Waals surface area (Å²) in [7, 11) is 0. The molecule has 0 saturated heterocycles. The number of nitrogens with zero attached hydrogens (tertiary/aromatic N) is 3. The lowest BCUT2D eigenvalue weighted by Crippen LogP contribution is -2.42. The summed E-state index contributed by atoms with van der Waals surface area (Å²) in [5.74, 6) is 1.01. The van der Waals surface area contributed by atoms with Gasteiger partial charge in [0.05, 0.1) is 5.25 Å². The average Bonchev–Trinajstić information content (AvgIpc) is 3.36. The minimum Gasteiger partial charge on any atom is -0.338 e. The van der Waals surface area contributed by atoms with Crippen molar-refractivity contribution in [2.24, 2.45) is 0 Å². The van der Waals surface area contributed by atoms with Gasteiger partial charge in [-0.1, -0.05) is 30.0 Å². The normalized spacial score (nSPS) is 14.8. The molecule has 3 rings (SSSR count). The molecule has 1 fully saturated rings. The number of nitrogens with one attached hydrogen (secondary N) is 2. The Balaban J connectivity index is 1.78. The van der Waals surface area contributed by atoms with E-state index in [2.05, 4.69) is 20.8 Å². The third-order valence-corrected chi connectivity index (χ3v) is 4.88. The zero-order valence-corrected chi connectivity index (χ0v) is 15.0. The maximum Gasteiger partial charge on any atom is 0.321 e. The number of imide groups is 1. The molecule has 3 amide bonds. The van der Waals surface area contributed by atoms with Crippen molar-refractivity contribution in [2.45, 2.75) is 43.0 Å². The van der Waals surface area contributed by atoms with Gasteiger partial charge in [-0.25, -0.2) is 4.79 Å². The van der Waals surface area contributed by atoms with Crippen molar-refractivity contribution in [1.82, 2.24) is 25.4 Å². The fourth-order valence-electron chi connectivity index (χ4n) is 2.41. The van der Waals surface area contributed by atoms with Crippen molar-refractivity contribution in [3.8, 4) is 5.69 Å². The van der Waals surface area contributed by atoms with Crippen LogP contribution in [-0.4, -0.2) is 38.5 Å². The van der Waals surface area contributed by atoms with Crippen LogP contribution in [0.4, 0.5) is 4.79 Å². The van der Waals surface area contributed by atoms with E-state index in [4.69, 9.17) is 0 Å². The van der Waals surface area contributed by atoms with E-state index in [0.29, 0.717) is 17.6 Å². The summed E-state index contributed by atoms with van der Waals surface area (Å²) in [5.41, 5.74) is 0.980. The van der Waals surface area contributed by atoms with Gasteiger partial charge in [0.2, 0.25) is 5.91 Å². The second kappa shape index (κ2) is 7.69. The van der Waals surface area contributed by atoms with Crippen LogP contribution < -0.4 is 10.6 Å². The van der Waals surface area contributed by atoms with Gasteiger partial charge in [0.15, 0.2) is 5.16 Å². The maximum atomic E-state index is 12.2. The quantitative estimate of drug-likeness (QED) is 0.774. The molecule has 1 aliphatic rings. The van der Waals surface area contributed by atoms with Crippen LogP contribution in [0.25, 0.3) is 5.69 Å². The second-order valence-corrected chi connectivity index (χ2v) is 7.20. The highest BCUT2D eigenvalue weighted by Gasteiger charge is 2.32. The van der Waals surface area contributed by atoms with E-state index in [0.717, 1.165) is 24.4 Å². The third kappa shape index (κ3) is 4.19. The lowest BCUT2D eigenvalue weighted by molar-refractivity contribution is -0.119. The number of amides is 3. The first-order chi connectivity index (χ1) is 12.1. The molecule has 1 aromatic heterocycles. The van der Waals surface area contributed by atoms with E-state index in [9.17, 15) is 9.59 Å². The molecule has 0 unspecified atom stereocenters. The number of rotatable bonds is 6. The van der Waals surface area contributed by atoms with E-state index in [1.165, 1.54) is 11.8 Å². The second-order valence-electron chi connectivity index (χ2n) is 5.89. The largest absolute Gasteiger partial charge is 0.338 e. The van der Waals surface area contributed by atoms with Crippen molar-refractivity contribution >= 4 is 23.7 Å². The molecule has 1 heterocycles. The van der Waals surface area contributed by atoms with Crippen molar-refractivity contribution < 1.29 is 9.59 Å². The van der Waals surface area contributed by atoms with Crippen molar-refractivity contribution in [1.29, 1.82) is 0 Å². The van der Waals surface area contributed by atoms with E-state index >= 15 is 0 Å². The molecule has 2 aromatic rings. The van der Waals surface area contributed by atoms with E-state index < -0.39 is 11.3 Å². The number of aromatic nitrogens is 3. The van der Waals surface area contributed by atoms with Gasteiger partial charge in [0, 0.05) is 18.2 Å². The summed E-state index contributed by atoms with van der Waals surface area (Å²) in [4.78, 5) is 23.7. The summed E-state index contributed by atoms with van der Waals surface area (Å²) < 4.78 is 2.01. The molecule has 1 aliphatic carbocycles. The Morgan fingerprint density at radius 2 is 2.00 bits per heavy atom. The van der Waals surface area contributed by atoms with Crippen molar-refractivity contribution in [2.75, 3.05) is 6.54 Å². The van der Waals surface area contributed by atoms with Crippen LogP contribution >= 0.6 is 11.8 Å². The van der Waals surface area contributed by atoms with Crippen LogP contribution in [0, 0.1) is 0 Å². The zero-order valence-electron chi connectivity index (χ0n) is 14.2. The minimum atomic E-state index is -0.483. The minimum absolute atomic E-state index is 0.355. The Bertz CT molecular complexity index is 758. The molecule has 0 spiro atoms. The molecule has 0 aliphatic heterocycles. The first kappa shape index (κ1) is 17.5. The predicted molar refractivity (Wildman–Crippen MR) is 95.9 cm³/mol. The monoisotopic (exact) mass is 359 g/mol. The molecule has 25 heavy (non-hydrogen) atoms.